The van der Waals surface area contributed by atoms with Crippen LogP contribution in [0.2, 0.25) is 0 Å². The molecule has 0 aliphatic heterocycles. The van der Waals surface area contributed by atoms with Gasteiger partial charge in [0.25, 0.3) is 26.1 Å². The number of nitro groups is 1. The summed E-state index contributed by atoms with van der Waals surface area (Å²) in [5, 5.41) is 80.5. The van der Waals surface area contributed by atoms with E-state index in [0.29, 0.717) is 39.8 Å². The van der Waals surface area contributed by atoms with Gasteiger partial charge in [-0.25, -0.2) is 61.5 Å². The van der Waals surface area contributed by atoms with Crippen molar-refractivity contribution in [2.75, 3.05) is 42.0 Å². The predicted molar refractivity (Wildman–Crippen MR) is 370 cm³/mol. The van der Waals surface area contributed by atoms with Crippen molar-refractivity contribution in [3.8, 4) is 34.1 Å². The summed E-state index contributed by atoms with van der Waals surface area (Å²) in [4.78, 5) is 87.8. The molecule has 0 saturated carbocycles. The van der Waals surface area contributed by atoms with E-state index in [0.717, 1.165) is 73.8 Å². The van der Waals surface area contributed by atoms with Gasteiger partial charge in [0.05, 0.1) is 96.2 Å². The molecule has 12 rings (SSSR count). The molecule has 0 saturated heterocycles. The third-order valence-corrected chi connectivity index (χ3v) is 18.3. The minimum atomic E-state index is -4.66. The summed E-state index contributed by atoms with van der Waals surface area (Å²) < 4.78 is 96.5. The summed E-state index contributed by atoms with van der Waals surface area (Å²) in [6.45, 7) is 0. The lowest BCUT2D eigenvalue weighted by molar-refractivity contribution is -0.432. The Kier molecular flexibility index (Phi) is 24.0. The molecule has 0 fully saturated rings. The number of carbonyl (C=O) groups excluding carboxylic acids is 2. The summed E-state index contributed by atoms with van der Waals surface area (Å²) in [6, 6.07) is 28.9. The molecule has 0 aliphatic rings. The topological polar surface area (TPSA) is 684 Å². The van der Waals surface area contributed by atoms with Crippen molar-refractivity contribution in [1.29, 1.82) is 5.26 Å². The molecule has 0 aliphatic carbocycles. The number of nitrogens with zero attached hydrogens (tertiary/aromatic N) is 14. The first-order chi connectivity index (χ1) is 50.0. The number of anilines is 5. The number of fused-ring (bicyclic) bond motifs is 1. The molecule has 0 radical (unpaired) electrons. The van der Waals surface area contributed by atoms with Crippen LogP contribution in [-0.2, 0) is 39.4 Å². The second-order valence-corrected chi connectivity index (χ2v) is 27.1. The molecule has 48 heteroatoms. The summed E-state index contributed by atoms with van der Waals surface area (Å²) >= 11 is 1.82. The molecular weight excluding hydrogens is 1500 g/mol. The minimum Gasteiger partial charge on any atom is -0.478 e. The lowest BCUT2D eigenvalue weighted by atomic mass is 10.1. The van der Waals surface area contributed by atoms with E-state index in [-0.39, 0.29) is 82.9 Å². The van der Waals surface area contributed by atoms with Crippen molar-refractivity contribution >= 4 is 128 Å². The van der Waals surface area contributed by atoms with Gasteiger partial charge in [-0.05, 0) is 84.9 Å². The number of ketones is 1. The molecule has 548 valence electrons. The molecule has 18 N–H and O–H groups in total. The zero-order valence-electron chi connectivity index (χ0n) is 53.3. The fraction of sp³-hybridized carbons (Fsp3) is 0.0345. The largest absolute Gasteiger partial charge is 0.478 e. The number of hydrogen-bond acceptors (Lipinski definition) is 32. The van der Waals surface area contributed by atoms with Crippen molar-refractivity contribution < 1.29 is 93.2 Å². The first-order valence-electron chi connectivity index (χ1n) is 28.4. The first-order valence-corrected chi connectivity index (χ1v) is 34.7. The lowest BCUT2D eigenvalue weighted by Gasteiger charge is -2.10. The van der Waals surface area contributed by atoms with E-state index in [2.05, 4.69) is 55.1 Å². The number of nitrogens with two attached hydrogens (primary N) is 5. The van der Waals surface area contributed by atoms with E-state index < -0.39 is 86.5 Å². The average Bonchev–Trinajstić information content (AvgIpc) is 1.58. The molecule has 5 aromatic carbocycles. The quantitative estimate of drug-likeness (QED) is 0.0145. The Balaban J connectivity index is 0.000000167. The number of H-pyrrole nitrogens is 1. The Labute approximate surface area is 600 Å². The number of carboxylic acids is 3. The van der Waals surface area contributed by atoms with Crippen LogP contribution in [0.25, 0.3) is 38.2 Å². The Bertz CT molecular complexity index is 5870. The van der Waals surface area contributed by atoms with Gasteiger partial charge in [-0.3, -0.25) is 33.8 Å². The van der Waals surface area contributed by atoms with Crippen LogP contribution in [-0.4, -0.2) is 167 Å². The van der Waals surface area contributed by atoms with Gasteiger partial charge in [0.2, 0.25) is 10.9 Å². The molecule has 0 atom stereocenters. The van der Waals surface area contributed by atoms with Crippen LogP contribution >= 0.6 is 23.4 Å². The minimum absolute atomic E-state index is 0.0127. The average molecular weight is 1550 g/mol. The van der Waals surface area contributed by atoms with Gasteiger partial charge in [0.1, 0.15) is 62.3 Å². The Morgan fingerprint density at radius 2 is 1.25 bits per heavy atom. The standard InChI is InChI=1S/C14H11N5O2.C13H12N4O5.C12H7N5O2S.C10H11N3O5S2.C9H8N4O8S2/c15-13-10(12(20)9-4-2-1-3-5-9)8-17-19(13)11-6-7-16-14(21)18-11;1-15-11(18)9-5-16-17(10(9)14)6-2-3-7(12(19)20)8(4-6)13(21)22;13-4-7-5-15-17(10(7)14)12-16-8-3-6(11(18)19)1-2-9(8)20-12;1-19(14,15)9-6-12-13(10(9)11)7-2-4-8(5-3-7)20(16,17)18;10-9-7(13(14)15)4-11-12(9)6-3-5(22-21-20-16)1-2-8(6)23(17,18)19/h1-8H,15H2,(H,16,18,21);2-5H,14H2,1H3,(H,15,18)(H,19,20)(H,21,22);1-3,5H,14H2,(H,18,19);2-6H,11H2,1H3,(H,16,17,18);1-4,16H,10H2,(H,17,18,19). The molecule has 43 nitrogen and oxygen atoms in total. The second-order valence-electron chi connectivity index (χ2n) is 20.5. The number of aromatic nitrogens is 13. The lowest BCUT2D eigenvalue weighted by Crippen LogP contribution is -2.19. The number of sulfone groups is 1. The van der Waals surface area contributed by atoms with Gasteiger partial charge in [-0.15, -0.1) is 4.33 Å². The van der Waals surface area contributed by atoms with Crippen LogP contribution in [0.5, 0.6) is 0 Å². The van der Waals surface area contributed by atoms with E-state index >= 15 is 0 Å². The van der Waals surface area contributed by atoms with Crippen molar-refractivity contribution in [1.82, 2.24) is 69.2 Å². The molecule has 7 aromatic heterocycles. The molecule has 0 spiro atoms. The third-order valence-electron chi connectivity index (χ3n) is 13.8. The van der Waals surface area contributed by atoms with Crippen LogP contribution in [0, 0.1) is 21.4 Å². The summed E-state index contributed by atoms with van der Waals surface area (Å²) in [5.74, 6) is -4.21. The summed E-state index contributed by atoms with van der Waals surface area (Å²) in [7, 11) is -11.0. The van der Waals surface area contributed by atoms with Crippen molar-refractivity contribution in [2.45, 2.75) is 19.6 Å². The number of amides is 1. The number of nitriles is 1. The predicted octanol–water partition coefficient (Wildman–Crippen LogP) is 3.76. The fourth-order valence-corrected chi connectivity index (χ4v) is 12.0. The van der Waals surface area contributed by atoms with E-state index in [1.807, 2.05) is 12.1 Å². The molecule has 0 bridgehead atoms. The monoisotopic (exact) mass is 1550 g/mol. The zero-order valence-corrected chi connectivity index (χ0v) is 57.4. The third kappa shape index (κ3) is 18.0. The van der Waals surface area contributed by atoms with Crippen LogP contribution in [0.15, 0.2) is 177 Å². The summed E-state index contributed by atoms with van der Waals surface area (Å²) in [5.41, 5.74) is 29.3. The maximum absolute atomic E-state index is 12.4. The number of carboxylic acid groups (broad SMARTS) is 3. The van der Waals surface area contributed by atoms with Crippen molar-refractivity contribution in [3.63, 3.8) is 0 Å². The molecular formula is C58H49N21O22S5. The van der Waals surface area contributed by atoms with Gasteiger partial charge in [-0.2, -0.15) is 52.3 Å². The highest BCUT2D eigenvalue weighted by molar-refractivity contribution is 7.94. The Hall–Kier alpha value is -13.6. The van der Waals surface area contributed by atoms with Gasteiger partial charge in [-0.1, -0.05) is 46.7 Å². The highest BCUT2D eigenvalue weighted by Gasteiger charge is 2.27. The number of nitrogen functional groups attached to an aromatic ring is 5. The van der Waals surface area contributed by atoms with E-state index in [1.54, 1.807) is 36.4 Å². The van der Waals surface area contributed by atoms with Crippen molar-refractivity contribution in [3.05, 3.63) is 212 Å². The second kappa shape index (κ2) is 32.6. The SMILES string of the molecule is CNC(=O)c1cnn(-c2ccc(C(=O)O)c(C(=O)O)c2)c1N.CS(=O)(=O)c1cnn(-c2ccc(S(=O)(=O)O)cc2)c1N.N#Cc1cnn(-c2nc3cc(C(=O)O)ccc3s2)c1N.Nc1c(C(=O)c2ccccc2)cnn1-c1ccnc(=O)[nH]1.Nc1c([N+](=O)[O-])cnn1-c1cc(SOOO)ccc1S(=O)(=O)O. The number of hydrogen-bond donors (Lipinski definition) is 13. The van der Waals surface area contributed by atoms with Gasteiger partial charge >= 0.3 is 29.3 Å². The Morgan fingerprint density at radius 3 is 1.82 bits per heavy atom. The van der Waals surface area contributed by atoms with E-state index in [9.17, 15) is 68.7 Å². The summed E-state index contributed by atoms with van der Waals surface area (Å²) in [6.07, 6.45) is 8.27. The number of carbonyl (C=O) groups is 5. The van der Waals surface area contributed by atoms with Crippen LogP contribution in [0.4, 0.5) is 34.8 Å². The number of aromatic amines is 1. The number of thiazole rings is 1. The van der Waals surface area contributed by atoms with Crippen molar-refractivity contribution in [2.24, 2.45) is 0 Å². The fourth-order valence-electron chi connectivity index (χ4n) is 8.85. The molecule has 1 amide bonds. The zero-order chi connectivity index (χ0) is 77.9. The molecule has 0 unspecified atom stereocenters. The van der Waals surface area contributed by atoms with Gasteiger partial charge < -0.3 is 49.3 Å². The first kappa shape index (κ1) is 78.1. The molecule has 106 heavy (non-hydrogen) atoms. The Morgan fingerprint density at radius 1 is 0.642 bits per heavy atom. The van der Waals surface area contributed by atoms with Crippen LogP contribution < -0.4 is 39.7 Å². The van der Waals surface area contributed by atoms with Gasteiger partial charge in [0, 0.05) is 30.0 Å². The number of aromatic carboxylic acids is 3. The maximum atomic E-state index is 12.4. The molecule has 7 heterocycles. The number of nitrogens with one attached hydrogen (secondary N) is 2. The maximum Gasteiger partial charge on any atom is 0.346 e. The number of benzene rings is 5. The van der Waals surface area contributed by atoms with Gasteiger partial charge in [0.15, 0.2) is 15.6 Å². The van der Waals surface area contributed by atoms with E-state index in [1.165, 1.54) is 88.9 Å². The highest BCUT2D eigenvalue weighted by Crippen LogP contribution is 2.33. The smallest absolute Gasteiger partial charge is 0.346 e. The highest BCUT2D eigenvalue weighted by atomic mass is 32.2. The van der Waals surface area contributed by atoms with E-state index in [4.69, 9.17) is 59.1 Å². The van der Waals surface area contributed by atoms with Crippen LogP contribution in [0.3, 0.4) is 0 Å². The van der Waals surface area contributed by atoms with Crippen LogP contribution in [0.1, 0.15) is 62.9 Å². The number of rotatable bonds is 18. The molecule has 12 aromatic rings. The normalized spacial score (nSPS) is 11.1.